The highest BCUT2D eigenvalue weighted by molar-refractivity contribution is 6.07. The Kier molecular flexibility index (Phi) is 18.5. The first kappa shape index (κ1) is 51.1. The average Bonchev–Trinajstić information content (AvgIpc) is 3.35. The van der Waals surface area contributed by atoms with Crippen LogP contribution in [0.25, 0.3) is 12.2 Å². The Balaban J connectivity index is 0.000000254. The van der Waals surface area contributed by atoms with Crippen LogP contribution in [0.3, 0.4) is 0 Å². The van der Waals surface area contributed by atoms with Crippen LogP contribution in [0.1, 0.15) is 114 Å². The predicted octanol–water partition coefficient (Wildman–Crippen LogP) is 10.4. The van der Waals surface area contributed by atoms with Crippen molar-refractivity contribution in [2.24, 2.45) is 0 Å². The maximum Gasteiger partial charge on any atom is 0.338 e. The van der Waals surface area contributed by atoms with Gasteiger partial charge in [0.1, 0.15) is 35.9 Å². The minimum absolute atomic E-state index is 0.0191. The number of ether oxygens (including phenoxy) is 3. The van der Waals surface area contributed by atoms with Crippen molar-refractivity contribution in [3.8, 4) is 11.5 Å². The van der Waals surface area contributed by atoms with Gasteiger partial charge in [-0.15, -0.1) is 0 Å². The topological polar surface area (TPSA) is 171 Å². The van der Waals surface area contributed by atoms with E-state index in [2.05, 4.69) is 0 Å². The molecule has 11 nitrogen and oxygen atoms in total. The summed E-state index contributed by atoms with van der Waals surface area (Å²) >= 11 is 0. The van der Waals surface area contributed by atoms with Crippen molar-refractivity contribution < 1.29 is 53.2 Å². The fourth-order valence-corrected chi connectivity index (χ4v) is 6.31. The number of Topliss-reactive ketones (excluding diaryl/α,β-unsaturated/α-hetero) is 3. The second-order valence-corrected chi connectivity index (χ2v) is 16.6. The maximum absolute atomic E-state index is 12.4. The zero-order chi connectivity index (χ0) is 49.1. The van der Waals surface area contributed by atoms with Gasteiger partial charge in [-0.05, 0) is 118 Å². The van der Waals surface area contributed by atoms with E-state index in [9.17, 15) is 39.0 Å². The number of ketones is 5. The zero-order valence-corrected chi connectivity index (χ0v) is 38.4. The quantitative estimate of drug-likeness (QED) is 0.0305. The van der Waals surface area contributed by atoms with Gasteiger partial charge in [0, 0.05) is 34.2 Å². The number of hydrogen-bond donors (Lipinski definition) is 2. The van der Waals surface area contributed by atoms with Gasteiger partial charge in [-0.1, -0.05) is 109 Å². The van der Waals surface area contributed by atoms with Crippen LogP contribution in [0.15, 0.2) is 170 Å². The predicted molar refractivity (Wildman–Crippen MR) is 261 cm³/mol. The van der Waals surface area contributed by atoms with Crippen LogP contribution < -0.4 is 9.47 Å². The van der Waals surface area contributed by atoms with Crippen molar-refractivity contribution >= 4 is 47.0 Å². The molecule has 0 bridgehead atoms. The van der Waals surface area contributed by atoms with Crippen molar-refractivity contribution in [2.75, 3.05) is 19.8 Å². The number of benzene rings is 6. The molecular weight excluding hydrogens is 861 g/mol. The minimum atomic E-state index is -1.44. The van der Waals surface area contributed by atoms with Crippen LogP contribution in [0.4, 0.5) is 0 Å². The molecule has 0 unspecified atom stereocenters. The second-order valence-electron chi connectivity index (χ2n) is 16.6. The molecule has 6 aromatic rings. The fraction of sp³-hybridized carbons (Fsp3) is 0.193. The first-order valence-corrected chi connectivity index (χ1v) is 21.9. The van der Waals surface area contributed by atoms with E-state index in [-0.39, 0.29) is 42.1 Å². The number of carbonyl (C=O) groups is 6. The molecule has 0 aliphatic heterocycles. The molecule has 68 heavy (non-hydrogen) atoms. The smallest absolute Gasteiger partial charge is 0.338 e. The highest BCUT2D eigenvalue weighted by Gasteiger charge is 2.26. The monoisotopic (exact) mass is 914 g/mol. The minimum Gasteiger partial charge on any atom is -0.494 e. The van der Waals surface area contributed by atoms with Gasteiger partial charge in [0.05, 0.1) is 12.2 Å². The summed E-state index contributed by atoms with van der Waals surface area (Å²) in [6.45, 7) is 6.34. The van der Waals surface area contributed by atoms with Gasteiger partial charge in [0.2, 0.25) is 0 Å². The van der Waals surface area contributed by atoms with Gasteiger partial charge in [0.25, 0.3) is 0 Å². The largest absolute Gasteiger partial charge is 0.494 e. The number of rotatable bonds is 21. The lowest BCUT2D eigenvalue weighted by Crippen LogP contribution is -2.30. The van der Waals surface area contributed by atoms with E-state index >= 15 is 0 Å². The molecule has 0 amide bonds. The van der Waals surface area contributed by atoms with Crippen LogP contribution in [-0.2, 0) is 4.74 Å². The van der Waals surface area contributed by atoms with Crippen LogP contribution in [-0.4, -0.2) is 76.1 Å². The van der Waals surface area contributed by atoms with Gasteiger partial charge >= 0.3 is 5.97 Å². The molecule has 348 valence electrons. The fourth-order valence-electron chi connectivity index (χ4n) is 6.31. The lowest BCUT2D eigenvalue weighted by atomic mass is 9.97. The summed E-state index contributed by atoms with van der Waals surface area (Å²) in [5, 5.41) is 19.6. The maximum atomic E-state index is 12.4. The van der Waals surface area contributed by atoms with Gasteiger partial charge in [0.15, 0.2) is 28.9 Å². The Labute approximate surface area is 396 Å². The average molecular weight is 915 g/mol. The van der Waals surface area contributed by atoms with Crippen molar-refractivity contribution in [3.63, 3.8) is 0 Å². The number of carbonyl (C=O) groups excluding carboxylic acids is 6. The molecule has 0 aromatic heterocycles. The Bertz CT molecular complexity index is 2500. The van der Waals surface area contributed by atoms with E-state index in [1.54, 1.807) is 121 Å². The Morgan fingerprint density at radius 1 is 0.441 bits per heavy atom. The van der Waals surface area contributed by atoms with Crippen LogP contribution >= 0.6 is 0 Å². The highest BCUT2D eigenvalue weighted by atomic mass is 16.6. The van der Waals surface area contributed by atoms with Gasteiger partial charge in [-0.25, -0.2) is 4.79 Å². The molecule has 0 fully saturated rings. The third-order valence-corrected chi connectivity index (χ3v) is 10.1. The number of esters is 1. The molecule has 0 spiro atoms. The Morgan fingerprint density at radius 3 is 1.24 bits per heavy atom. The van der Waals surface area contributed by atoms with Crippen LogP contribution in [0.2, 0.25) is 0 Å². The SMILES string of the molecule is CC(C)(O)C(=O)c1ccc(OCCCC(=O)c2ccc(/C=C/C(=O)c3ccccc3)cc2)cc1.CC(C)(O)C(=O)c1ccc(OCCOC(=O)c2ccc(/C=C/C(=O)c3ccccc3)cc2)cc1. The Morgan fingerprint density at radius 2 is 0.824 bits per heavy atom. The molecule has 6 aromatic carbocycles. The normalized spacial score (nSPS) is 11.3. The van der Waals surface area contributed by atoms with Gasteiger partial charge in [-0.3, -0.25) is 24.0 Å². The van der Waals surface area contributed by atoms with Crippen molar-refractivity contribution in [3.05, 3.63) is 214 Å². The number of hydrogen-bond acceptors (Lipinski definition) is 11. The Hall–Kier alpha value is -7.86. The molecule has 0 atom stereocenters. The van der Waals surface area contributed by atoms with E-state index in [0.717, 1.165) is 11.1 Å². The highest BCUT2D eigenvalue weighted by Crippen LogP contribution is 2.20. The molecular formula is C57H54O11. The summed E-state index contributed by atoms with van der Waals surface area (Å²) in [5.74, 6) is -0.241. The van der Waals surface area contributed by atoms with Gasteiger partial charge < -0.3 is 24.4 Å². The number of aliphatic hydroxyl groups is 2. The van der Waals surface area contributed by atoms with E-state index in [1.165, 1.54) is 39.8 Å². The van der Waals surface area contributed by atoms with E-state index < -0.39 is 17.2 Å². The zero-order valence-electron chi connectivity index (χ0n) is 38.4. The molecule has 0 aliphatic rings. The summed E-state index contributed by atoms with van der Waals surface area (Å²) in [6, 6.07) is 44.9. The summed E-state index contributed by atoms with van der Waals surface area (Å²) in [6.07, 6.45) is 7.34. The lowest BCUT2D eigenvalue weighted by molar-refractivity contribution is 0.0449. The van der Waals surface area contributed by atoms with E-state index in [0.29, 0.717) is 64.3 Å². The van der Waals surface area contributed by atoms with Crippen LogP contribution in [0, 0.1) is 0 Å². The third kappa shape index (κ3) is 16.2. The molecule has 0 heterocycles. The third-order valence-electron chi connectivity index (χ3n) is 10.1. The second kappa shape index (κ2) is 24.6. The molecule has 11 heteroatoms. The van der Waals surface area contributed by atoms with E-state index in [4.69, 9.17) is 14.2 Å². The molecule has 0 aliphatic carbocycles. The number of allylic oxidation sites excluding steroid dienone is 2. The summed E-state index contributed by atoms with van der Waals surface area (Å²) < 4.78 is 16.4. The van der Waals surface area contributed by atoms with Crippen molar-refractivity contribution in [1.29, 1.82) is 0 Å². The first-order valence-electron chi connectivity index (χ1n) is 21.9. The molecule has 0 saturated carbocycles. The molecule has 0 radical (unpaired) electrons. The summed E-state index contributed by atoms with van der Waals surface area (Å²) in [4.78, 5) is 73.0. The first-order chi connectivity index (χ1) is 32.5. The molecule has 6 rings (SSSR count). The summed E-state index contributed by atoms with van der Waals surface area (Å²) in [5.41, 5.74) is 1.81. The van der Waals surface area contributed by atoms with Gasteiger partial charge in [-0.2, -0.15) is 0 Å². The van der Waals surface area contributed by atoms with Crippen molar-refractivity contribution in [1.82, 2.24) is 0 Å². The summed E-state index contributed by atoms with van der Waals surface area (Å²) in [7, 11) is 0. The standard InChI is InChI=1S/C29H28O5.C28H26O6/c1-29(2,33)28(32)24-15-17-25(18-16-24)34-20-6-9-26(30)23-13-10-21(11-14-23)12-19-27(31)22-7-4-3-5-8-22;1-28(2,32)26(30)22-13-15-24(16-14-22)33-18-19-34-27(31)23-11-8-20(9-12-23)10-17-25(29)21-6-4-3-5-7-21/h3-5,7-8,10-19,33H,6,9,20H2,1-2H3;3-17,32H,18-19H2,1-2H3/b19-12+;17-10+. The lowest BCUT2D eigenvalue weighted by Gasteiger charge is -2.15. The van der Waals surface area contributed by atoms with Crippen molar-refractivity contribution in [2.45, 2.75) is 51.7 Å². The molecule has 2 N–H and O–H groups in total. The molecule has 0 saturated heterocycles. The van der Waals surface area contributed by atoms with Crippen LogP contribution in [0.5, 0.6) is 11.5 Å². The van der Waals surface area contributed by atoms with E-state index in [1.807, 2.05) is 48.5 Å².